The van der Waals surface area contributed by atoms with E-state index in [1.54, 1.807) is 18.2 Å². The molecule has 1 aromatic heterocycles. The fraction of sp³-hybridized carbons (Fsp3) is 0.190. The molecular weight excluding hydrogens is 366 g/mol. The average Bonchev–Trinajstić information content (AvgIpc) is 3.18. The smallest absolute Gasteiger partial charge is 0.287 e. The summed E-state index contributed by atoms with van der Waals surface area (Å²) in [6.45, 7) is 1.61. The fourth-order valence-electron chi connectivity index (χ4n) is 2.92. The Morgan fingerprint density at radius 3 is 2.67 bits per heavy atom. The van der Waals surface area contributed by atoms with Crippen LogP contribution in [-0.2, 0) is 6.42 Å². The number of hydrogen-bond acceptors (Lipinski definition) is 4. The van der Waals surface area contributed by atoms with E-state index in [0.717, 1.165) is 22.6 Å². The molecule has 0 atom stereocenters. The largest absolute Gasteiger partial charge is 0.486 e. The molecule has 4 rings (SSSR count). The first-order valence-electron chi connectivity index (χ1n) is 8.72. The maximum absolute atomic E-state index is 12.3. The van der Waals surface area contributed by atoms with Crippen LogP contribution in [-0.4, -0.2) is 25.7 Å². The summed E-state index contributed by atoms with van der Waals surface area (Å²) in [6, 6.07) is 16.6. The van der Waals surface area contributed by atoms with Crippen LogP contribution in [0.3, 0.4) is 0 Å². The van der Waals surface area contributed by atoms with Crippen LogP contribution in [0.15, 0.2) is 59.0 Å². The van der Waals surface area contributed by atoms with Gasteiger partial charge in [-0.2, -0.15) is 0 Å². The van der Waals surface area contributed by atoms with Crippen molar-refractivity contribution in [2.24, 2.45) is 0 Å². The van der Waals surface area contributed by atoms with Gasteiger partial charge in [0.2, 0.25) is 0 Å². The Kier molecular flexibility index (Phi) is 5.03. The van der Waals surface area contributed by atoms with Gasteiger partial charge in [0.15, 0.2) is 17.3 Å². The number of nitrogens with one attached hydrogen (secondary N) is 1. The highest BCUT2D eigenvalue weighted by Crippen LogP contribution is 2.31. The predicted octanol–water partition coefficient (Wildman–Crippen LogP) is 4.34. The SMILES string of the molecule is O=C(NCCc1ccc2c(c1)OCCO2)c1ccc(-c2ccccc2Cl)o1. The van der Waals surface area contributed by atoms with Crippen LogP contribution >= 0.6 is 11.6 Å². The molecule has 2 aromatic carbocycles. The molecule has 0 fully saturated rings. The summed E-state index contributed by atoms with van der Waals surface area (Å²) in [5.41, 5.74) is 1.82. The molecule has 1 aliphatic heterocycles. The first kappa shape index (κ1) is 17.5. The number of rotatable bonds is 5. The molecule has 0 saturated carbocycles. The summed E-state index contributed by atoms with van der Waals surface area (Å²) in [6.07, 6.45) is 0.681. The van der Waals surface area contributed by atoms with E-state index in [9.17, 15) is 4.79 Å². The molecule has 27 heavy (non-hydrogen) atoms. The van der Waals surface area contributed by atoms with Crippen LogP contribution < -0.4 is 14.8 Å². The van der Waals surface area contributed by atoms with Crippen LogP contribution in [0.25, 0.3) is 11.3 Å². The monoisotopic (exact) mass is 383 g/mol. The third kappa shape index (κ3) is 3.93. The molecule has 3 aromatic rings. The van der Waals surface area contributed by atoms with Crippen molar-refractivity contribution in [2.45, 2.75) is 6.42 Å². The molecule has 0 radical (unpaired) electrons. The van der Waals surface area contributed by atoms with Gasteiger partial charge >= 0.3 is 0 Å². The lowest BCUT2D eigenvalue weighted by Crippen LogP contribution is -2.25. The highest BCUT2D eigenvalue weighted by molar-refractivity contribution is 6.33. The normalized spacial score (nSPS) is 12.6. The Labute approximate surface area is 161 Å². The molecule has 2 heterocycles. The Hall–Kier alpha value is -2.92. The Morgan fingerprint density at radius 2 is 1.81 bits per heavy atom. The topological polar surface area (TPSA) is 60.7 Å². The summed E-state index contributed by atoms with van der Waals surface area (Å²) in [7, 11) is 0. The zero-order valence-electron chi connectivity index (χ0n) is 14.5. The Morgan fingerprint density at radius 1 is 1.00 bits per heavy atom. The maximum Gasteiger partial charge on any atom is 0.287 e. The summed E-state index contributed by atoms with van der Waals surface area (Å²) in [5, 5.41) is 3.45. The van der Waals surface area contributed by atoms with Crippen molar-refractivity contribution in [1.29, 1.82) is 0 Å². The van der Waals surface area contributed by atoms with E-state index in [4.69, 9.17) is 25.5 Å². The van der Waals surface area contributed by atoms with Crippen molar-refractivity contribution >= 4 is 17.5 Å². The second kappa shape index (κ2) is 7.76. The highest BCUT2D eigenvalue weighted by atomic mass is 35.5. The quantitative estimate of drug-likeness (QED) is 0.711. The summed E-state index contributed by atoms with van der Waals surface area (Å²) >= 11 is 6.17. The second-order valence-corrected chi connectivity index (χ2v) is 6.53. The summed E-state index contributed by atoms with van der Waals surface area (Å²) in [5.74, 6) is 2.08. The lowest BCUT2D eigenvalue weighted by atomic mass is 10.1. The minimum absolute atomic E-state index is 0.257. The van der Waals surface area contributed by atoms with Gasteiger partial charge in [0.1, 0.15) is 19.0 Å². The van der Waals surface area contributed by atoms with Crippen molar-refractivity contribution in [3.63, 3.8) is 0 Å². The van der Waals surface area contributed by atoms with Crippen LogP contribution in [0.2, 0.25) is 5.02 Å². The molecule has 1 N–H and O–H groups in total. The molecule has 1 aliphatic rings. The van der Waals surface area contributed by atoms with E-state index < -0.39 is 0 Å². The van der Waals surface area contributed by atoms with Gasteiger partial charge in [-0.25, -0.2) is 0 Å². The van der Waals surface area contributed by atoms with E-state index in [0.29, 0.717) is 37.0 Å². The van der Waals surface area contributed by atoms with E-state index in [1.807, 2.05) is 36.4 Å². The number of amides is 1. The van der Waals surface area contributed by atoms with Gasteiger partial charge in [-0.15, -0.1) is 0 Å². The number of hydrogen-bond donors (Lipinski definition) is 1. The van der Waals surface area contributed by atoms with Crippen LogP contribution in [0.5, 0.6) is 11.5 Å². The van der Waals surface area contributed by atoms with Gasteiger partial charge in [0.05, 0.1) is 5.02 Å². The van der Waals surface area contributed by atoms with Crippen molar-refractivity contribution in [3.8, 4) is 22.8 Å². The molecule has 0 bridgehead atoms. The van der Waals surface area contributed by atoms with E-state index in [1.165, 1.54) is 0 Å². The number of carbonyl (C=O) groups excluding carboxylic acids is 1. The van der Waals surface area contributed by atoms with Crippen LogP contribution in [0.1, 0.15) is 16.1 Å². The van der Waals surface area contributed by atoms with Gasteiger partial charge in [-0.05, 0) is 48.4 Å². The highest BCUT2D eigenvalue weighted by Gasteiger charge is 2.14. The van der Waals surface area contributed by atoms with Crippen molar-refractivity contribution in [3.05, 3.63) is 70.9 Å². The predicted molar refractivity (Wildman–Crippen MR) is 103 cm³/mol. The van der Waals surface area contributed by atoms with Crippen molar-refractivity contribution < 1.29 is 18.7 Å². The minimum atomic E-state index is -0.258. The van der Waals surface area contributed by atoms with Gasteiger partial charge in [-0.3, -0.25) is 4.79 Å². The third-order valence-electron chi connectivity index (χ3n) is 4.27. The number of benzene rings is 2. The minimum Gasteiger partial charge on any atom is -0.486 e. The zero-order valence-corrected chi connectivity index (χ0v) is 15.3. The molecule has 138 valence electrons. The lowest BCUT2D eigenvalue weighted by molar-refractivity contribution is 0.0927. The van der Waals surface area contributed by atoms with Gasteiger partial charge < -0.3 is 19.2 Å². The molecule has 0 unspecified atom stereocenters. The van der Waals surface area contributed by atoms with E-state index in [-0.39, 0.29) is 11.7 Å². The van der Waals surface area contributed by atoms with Gasteiger partial charge in [0.25, 0.3) is 5.91 Å². The van der Waals surface area contributed by atoms with Gasteiger partial charge in [0, 0.05) is 12.1 Å². The molecule has 0 saturated heterocycles. The molecule has 1 amide bonds. The Bertz CT molecular complexity index is 966. The van der Waals surface area contributed by atoms with Crippen LogP contribution in [0, 0.1) is 0 Å². The second-order valence-electron chi connectivity index (χ2n) is 6.13. The van der Waals surface area contributed by atoms with E-state index in [2.05, 4.69) is 5.32 Å². The molecule has 5 nitrogen and oxygen atoms in total. The van der Waals surface area contributed by atoms with Crippen molar-refractivity contribution in [2.75, 3.05) is 19.8 Å². The maximum atomic E-state index is 12.3. The molecular formula is C21H18ClNO4. The number of carbonyl (C=O) groups is 1. The molecule has 6 heteroatoms. The average molecular weight is 384 g/mol. The van der Waals surface area contributed by atoms with E-state index >= 15 is 0 Å². The number of furan rings is 1. The lowest BCUT2D eigenvalue weighted by Gasteiger charge is -2.18. The van der Waals surface area contributed by atoms with Crippen LogP contribution in [0.4, 0.5) is 0 Å². The summed E-state index contributed by atoms with van der Waals surface area (Å²) < 4.78 is 16.7. The first-order chi connectivity index (χ1) is 13.2. The molecule has 0 spiro atoms. The molecule has 0 aliphatic carbocycles. The first-order valence-corrected chi connectivity index (χ1v) is 9.10. The number of ether oxygens (including phenoxy) is 2. The number of halogens is 1. The zero-order chi connectivity index (χ0) is 18.6. The Balaban J connectivity index is 1.35. The summed E-state index contributed by atoms with van der Waals surface area (Å²) in [4.78, 5) is 12.3. The van der Waals surface area contributed by atoms with Gasteiger partial charge in [-0.1, -0.05) is 29.8 Å². The standard InChI is InChI=1S/C21H18ClNO4/c22-16-4-2-1-3-15(16)17-7-8-19(27-17)21(24)23-10-9-14-5-6-18-20(13-14)26-12-11-25-18/h1-8,13H,9-12H2,(H,23,24). The number of fused-ring (bicyclic) bond motifs is 1. The third-order valence-corrected chi connectivity index (χ3v) is 4.60. The fourth-order valence-corrected chi connectivity index (χ4v) is 3.15. The van der Waals surface area contributed by atoms with Crippen molar-refractivity contribution in [1.82, 2.24) is 5.32 Å².